The highest BCUT2D eigenvalue weighted by atomic mass is 35.5. The van der Waals surface area contributed by atoms with Crippen LogP contribution in [0.1, 0.15) is 58.4 Å². The molecule has 1 N–H and O–H groups in total. The van der Waals surface area contributed by atoms with Crippen LogP contribution in [0.15, 0.2) is 42.5 Å². The van der Waals surface area contributed by atoms with Crippen molar-refractivity contribution in [2.24, 2.45) is 23.2 Å². The van der Waals surface area contributed by atoms with Crippen molar-refractivity contribution in [2.75, 3.05) is 19.6 Å². The highest BCUT2D eigenvalue weighted by molar-refractivity contribution is 5.85. The number of hydrogen-bond donors (Lipinski definition) is 1. The standard InChI is InChI=1S/C26H37NO3.ClH/c1-5-27(17-26(4,29)19-11-7-6-8-12-19)16-21-20-14-22-18(2)10-9-13-25(22,3)15-23(20)30-24(21)28;/h6-8,11-12,20-23,29H,2,5,9-10,13-17H2,1,3-4H3;1H/t20-,21?,22?,23-,25-,26-;/m1./s1. The molecule has 4 rings (SSSR count). The number of carbonyl (C=O) groups is 1. The second-order valence-electron chi connectivity index (χ2n) is 10.4. The summed E-state index contributed by atoms with van der Waals surface area (Å²) in [5.41, 5.74) is 1.55. The van der Waals surface area contributed by atoms with Crippen LogP contribution in [0.2, 0.25) is 0 Å². The van der Waals surface area contributed by atoms with Crippen LogP contribution in [-0.2, 0) is 15.1 Å². The molecule has 1 aromatic carbocycles. The number of allylic oxidation sites excluding steroid dienone is 1. The van der Waals surface area contributed by atoms with E-state index in [1.165, 1.54) is 18.4 Å². The maximum atomic E-state index is 12.9. The first-order valence-electron chi connectivity index (χ1n) is 11.6. The minimum atomic E-state index is -0.956. The molecule has 6 atom stereocenters. The van der Waals surface area contributed by atoms with Gasteiger partial charge < -0.3 is 9.84 Å². The third-order valence-corrected chi connectivity index (χ3v) is 8.15. The lowest BCUT2D eigenvalue weighted by Crippen LogP contribution is -2.47. The van der Waals surface area contributed by atoms with E-state index in [1.807, 2.05) is 37.3 Å². The van der Waals surface area contributed by atoms with E-state index in [2.05, 4.69) is 25.3 Å². The SMILES string of the molecule is C=C1CCC[C@]2(C)C[C@H]3OC(=O)C(CN(CC)C[C@@](C)(O)c4ccccc4)[C@H]3CC12.Cl. The van der Waals surface area contributed by atoms with Crippen LogP contribution in [-0.4, -0.2) is 41.7 Å². The van der Waals surface area contributed by atoms with Gasteiger partial charge in [-0.1, -0.05) is 56.3 Å². The Morgan fingerprint density at radius 3 is 2.71 bits per heavy atom. The fraction of sp³-hybridized carbons (Fsp3) is 0.654. The van der Waals surface area contributed by atoms with Gasteiger partial charge in [0.15, 0.2) is 0 Å². The number of halogens is 1. The number of rotatable bonds is 6. The fourth-order valence-electron chi connectivity index (χ4n) is 6.37. The van der Waals surface area contributed by atoms with Gasteiger partial charge in [-0.3, -0.25) is 9.69 Å². The maximum absolute atomic E-state index is 12.9. The zero-order valence-electron chi connectivity index (χ0n) is 19.2. The molecule has 1 aliphatic heterocycles. The summed E-state index contributed by atoms with van der Waals surface area (Å²) in [4.78, 5) is 15.1. The van der Waals surface area contributed by atoms with Gasteiger partial charge in [0.1, 0.15) is 6.10 Å². The van der Waals surface area contributed by atoms with Crippen molar-refractivity contribution in [2.45, 2.75) is 64.6 Å². The molecule has 1 heterocycles. The number of fused-ring (bicyclic) bond motifs is 2. The highest BCUT2D eigenvalue weighted by Gasteiger charge is 2.55. The monoisotopic (exact) mass is 447 g/mol. The number of aliphatic hydroxyl groups is 1. The Bertz CT molecular complexity index is 795. The molecule has 4 nitrogen and oxygen atoms in total. The van der Waals surface area contributed by atoms with Gasteiger partial charge in [0, 0.05) is 19.0 Å². The number of ether oxygens (including phenoxy) is 1. The molecule has 0 aromatic heterocycles. The summed E-state index contributed by atoms with van der Waals surface area (Å²) in [6.07, 6.45) is 5.57. The first-order chi connectivity index (χ1) is 14.2. The van der Waals surface area contributed by atoms with E-state index in [0.29, 0.717) is 19.0 Å². The van der Waals surface area contributed by atoms with Crippen molar-refractivity contribution in [1.82, 2.24) is 4.90 Å². The first-order valence-corrected chi connectivity index (χ1v) is 11.6. The number of nitrogens with zero attached hydrogens (tertiary/aromatic N) is 1. The van der Waals surface area contributed by atoms with Crippen molar-refractivity contribution < 1.29 is 14.6 Å². The molecule has 0 bridgehead atoms. The summed E-state index contributed by atoms with van der Waals surface area (Å²) >= 11 is 0. The van der Waals surface area contributed by atoms with E-state index in [9.17, 15) is 9.90 Å². The zero-order chi connectivity index (χ0) is 21.5. The Morgan fingerprint density at radius 1 is 1.32 bits per heavy atom. The van der Waals surface area contributed by atoms with Crippen LogP contribution in [0, 0.1) is 23.2 Å². The predicted octanol–water partition coefficient (Wildman–Crippen LogP) is 4.95. The van der Waals surface area contributed by atoms with Crippen LogP contribution in [0.4, 0.5) is 0 Å². The van der Waals surface area contributed by atoms with Crippen molar-refractivity contribution in [3.8, 4) is 0 Å². The van der Waals surface area contributed by atoms with Crippen molar-refractivity contribution in [1.29, 1.82) is 0 Å². The van der Waals surface area contributed by atoms with Gasteiger partial charge in [-0.05, 0) is 62.5 Å². The second kappa shape index (κ2) is 9.25. The molecule has 0 radical (unpaired) electrons. The van der Waals surface area contributed by atoms with Crippen molar-refractivity contribution in [3.63, 3.8) is 0 Å². The Kier molecular flexibility index (Phi) is 7.25. The summed E-state index contributed by atoms with van der Waals surface area (Å²) in [7, 11) is 0. The van der Waals surface area contributed by atoms with E-state index in [-0.39, 0.29) is 41.7 Å². The van der Waals surface area contributed by atoms with Crippen LogP contribution in [0.3, 0.4) is 0 Å². The normalized spacial score (nSPS) is 34.4. The fourth-order valence-corrected chi connectivity index (χ4v) is 6.37. The molecular formula is C26H38ClNO3. The van der Waals surface area contributed by atoms with Gasteiger partial charge in [0.25, 0.3) is 0 Å². The Hall–Kier alpha value is -1.36. The number of hydrogen-bond acceptors (Lipinski definition) is 4. The minimum absolute atomic E-state index is 0. The number of esters is 1. The molecule has 3 aliphatic rings. The highest BCUT2D eigenvalue weighted by Crippen LogP contribution is 2.56. The van der Waals surface area contributed by atoms with E-state index < -0.39 is 5.60 Å². The third-order valence-electron chi connectivity index (χ3n) is 8.15. The molecule has 2 aliphatic carbocycles. The molecule has 172 valence electrons. The van der Waals surface area contributed by atoms with Gasteiger partial charge in [0.05, 0.1) is 11.5 Å². The summed E-state index contributed by atoms with van der Waals surface area (Å²) in [5.74, 6) is 0.615. The average molecular weight is 448 g/mol. The van der Waals surface area contributed by atoms with E-state index in [0.717, 1.165) is 31.4 Å². The summed E-state index contributed by atoms with van der Waals surface area (Å²) < 4.78 is 5.93. The first kappa shape index (κ1) is 24.3. The van der Waals surface area contributed by atoms with E-state index >= 15 is 0 Å². The zero-order valence-corrected chi connectivity index (χ0v) is 20.0. The molecule has 2 saturated carbocycles. The predicted molar refractivity (Wildman–Crippen MR) is 126 cm³/mol. The molecule has 2 unspecified atom stereocenters. The van der Waals surface area contributed by atoms with Crippen molar-refractivity contribution >= 4 is 18.4 Å². The smallest absolute Gasteiger partial charge is 0.310 e. The largest absolute Gasteiger partial charge is 0.462 e. The third kappa shape index (κ3) is 4.72. The van der Waals surface area contributed by atoms with Crippen LogP contribution in [0.5, 0.6) is 0 Å². The number of benzene rings is 1. The summed E-state index contributed by atoms with van der Waals surface area (Å²) in [6, 6.07) is 9.79. The van der Waals surface area contributed by atoms with Gasteiger partial charge in [-0.15, -0.1) is 12.4 Å². The van der Waals surface area contributed by atoms with E-state index in [1.54, 1.807) is 0 Å². The summed E-state index contributed by atoms with van der Waals surface area (Å²) in [6.45, 7) is 12.7. The number of likely N-dealkylation sites (N-methyl/N-ethyl adjacent to an activating group) is 1. The van der Waals surface area contributed by atoms with Gasteiger partial charge in [0.2, 0.25) is 0 Å². The molecular weight excluding hydrogens is 410 g/mol. The summed E-state index contributed by atoms with van der Waals surface area (Å²) in [5, 5.41) is 11.1. The lowest BCUT2D eigenvalue weighted by atomic mass is 9.55. The van der Waals surface area contributed by atoms with Crippen LogP contribution < -0.4 is 0 Å². The van der Waals surface area contributed by atoms with Crippen LogP contribution in [0.25, 0.3) is 0 Å². The van der Waals surface area contributed by atoms with E-state index in [4.69, 9.17) is 4.74 Å². The number of carbonyl (C=O) groups excluding carboxylic acids is 1. The lowest BCUT2D eigenvalue weighted by molar-refractivity contribution is -0.146. The molecule has 5 heteroatoms. The topological polar surface area (TPSA) is 49.8 Å². The minimum Gasteiger partial charge on any atom is -0.462 e. The molecule has 31 heavy (non-hydrogen) atoms. The molecule has 0 amide bonds. The van der Waals surface area contributed by atoms with Gasteiger partial charge in [-0.25, -0.2) is 0 Å². The quantitative estimate of drug-likeness (QED) is 0.495. The van der Waals surface area contributed by atoms with Gasteiger partial charge >= 0.3 is 5.97 Å². The average Bonchev–Trinajstić information content (AvgIpc) is 3.00. The van der Waals surface area contributed by atoms with Crippen molar-refractivity contribution in [3.05, 3.63) is 48.0 Å². The molecule has 1 saturated heterocycles. The molecule has 1 aromatic rings. The molecule has 3 fully saturated rings. The Morgan fingerprint density at radius 2 is 2.03 bits per heavy atom. The Balaban J connectivity index is 0.00000272. The maximum Gasteiger partial charge on any atom is 0.310 e. The Labute approximate surface area is 193 Å². The molecule has 0 spiro atoms. The van der Waals surface area contributed by atoms with Gasteiger partial charge in [-0.2, -0.15) is 0 Å². The second-order valence-corrected chi connectivity index (χ2v) is 10.4. The lowest BCUT2D eigenvalue weighted by Gasteiger charge is -2.50. The van der Waals surface area contributed by atoms with Crippen LogP contribution >= 0.6 is 12.4 Å².